The summed E-state index contributed by atoms with van der Waals surface area (Å²) in [5.74, 6) is 0. The molecule has 2 aromatic heterocycles. The highest BCUT2D eigenvalue weighted by molar-refractivity contribution is 7.99. The molecular formula is C12H16N4S. The number of aromatic nitrogens is 3. The third kappa shape index (κ3) is 3.08. The van der Waals surface area contributed by atoms with E-state index in [1.54, 1.807) is 16.4 Å². The van der Waals surface area contributed by atoms with Crippen molar-refractivity contribution in [3.05, 3.63) is 36.4 Å². The Morgan fingerprint density at radius 1 is 1.29 bits per heavy atom. The molecule has 0 aliphatic rings. The van der Waals surface area contributed by atoms with Gasteiger partial charge in [0.25, 0.3) is 0 Å². The molecule has 0 fully saturated rings. The predicted molar refractivity (Wildman–Crippen MR) is 69.0 cm³/mol. The van der Waals surface area contributed by atoms with Crippen molar-refractivity contribution < 1.29 is 0 Å². The second kappa shape index (κ2) is 5.33. The van der Waals surface area contributed by atoms with Gasteiger partial charge in [0.15, 0.2) is 0 Å². The summed E-state index contributed by atoms with van der Waals surface area (Å²) in [4.78, 5) is 6.70. The standard InChI is InChI=1S/C12H16N4S/c1-9(13-2)12-5-4-10(6-14-12)17-11-7-15-16(3)8-11/h4-9,13H,1-3H3. The van der Waals surface area contributed by atoms with E-state index in [0.29, 0.717) is 0 Å². The van der Waals surface area contributed by atoms with E-state index in [4.69, 9.17) is 0 Å². The lowest BCUT2D eigenvalue weighted by Gasteiger charge is -2.09. The van der Waals surface area contributed by atoms with Gasteiger partial charge >= 0.3 is 0 Å². The molecule has 0 amide bonds. The zero-order valence-electron chi connectivity index (χ0n) is 10.2. The van der Waals surface area contributed by atoms with Crippen LogP contribution in [0, 0.1) is 0 Å². The minimum Gasteiger partial charge on any atom is -0.312 e. The summed E-state index contributed by atoms with van der Waals surface area (Å²) < 4.78 is 1.80. The summed E-state index contributed by atoms with van der Waals surface area (Å²) >= 11 is 1.67. The Morgan fingerprint density at radius 3 is 2.65 bits per heavy atom. The van der Waals surface area contributed by atoms with E-state index in [9.17, 15) is 0 Å². The summed E-state index contributed by atoms with van der Waals surface area (Å²) in [7, 11) is 3.85. The molecule has 1 atom stereocenters. The van der Waals surface area contributed by atoms with Crippen LogP contribution in [0.15, 0.2) is 40.5 Å². The predicted octanol–water partition coefficient (Wildman–Crippen LogP) is 2.25. The molecule has 0 aliphatic carbocycles. The summed E-state index contributed by atoms with van der Waals surface area (Å²) in [6, 6.07) is 4.43. The summed E-state index contributed by atoms with van der Waals surface area (Å²) in [6.07, 6.45) is 5.75. The summed E-state index contributed by atoms with van der Waals surface area (Å²) in [5.41, 5.74) is 1.06. The van der Waals surface area contributed by atoms with Crippen LogP contribution in [0.2, 0.25) is 0 Å². The molecule has 0 radical (unpaired) electrons. The Balaban J connectivity index is 2.08. The maximum Gasteiger partial charge on any atom is 0.0629 e. The second-order valence-electron chi connectivity index (χ2n) is 3.88. The third-order valence-electron chi connectivity index (χ3n) is 2.55. The van der Waals surface area contributed by atoms with E-state index in [0.717, 1.165) is 15.5 Å². The molecular weight excluding hydrogens is 232 g/mol. The number of pyridine rings is 1. The van der Waals surface area contributed by atoms with Gasteiger partial charge in [0.2, 0.25) is 0 Å². The summed E-state index contributed by atoms with van der Waals surface area (Å²) in [6.45, 7) is 2.09. The Labute approximate surface area is 105 Å². The highest BCUT2D eigenvalue weighted by atomic mass is 32.2. The van der Waals surface area contributed by atoms with Crippen molar-refractivity contribution in [1.82, 2.24) is 20.1 Å². The van der Waals surface area contributed by atoms with Crippen LogP contribution in [0.4, 0.5) is 0 Å². The highest BCUT2D eigenvalue weighted by Gasteiger charge is 2.05. The lowest BCUT2D eigenvalue weighted by Crippen LogP contribution is -2.13. The third-order valence-corrected chi connectivity index (χ3v) is 3.48. The zero-order valence-corrected chi connectivity index (χ0v) is 11.0. The van der Waals surface area contributed by atoms with E-state index in [-0.39, 0.29) is 6.04 Å². The van der Waals surface area contributed by atoms with Gasteiger partial charge in [-0.1, -0.05) is 11.8 Å². The van der Waals surface area contributed by atoms with Gasteiger partial charge in [0, 0.05) is 30.4 Å². The Morgan fingerprint density at radius 2 is 2.12 bits per heavy atom. The van der Waals surface area contributed by atoms with Gasteiger partial charge in [0.05, 0.1) is 16.8 Å². The molecule has 0 bridgehead atoms. The number of hydrogen-bond acceptors (Lipinski definition) is 4. The van der Waals surface area contributed by atoms with Gasteiger partial charge in [-0.2, -0.15) is 5.10 Å². The van der Waals surface area contributed by atoms with Crippen molar-refractivity contribution in [2.75, 3.05) is 7.05 Å². The Kier molecular flexibility index (Phi) is 3.81. The smallest absolute Gasteiger partial charge is 0.0629 e. The molecule has 0 saturated carbocycles. The van der Waals surface area contributed by atoms with Crippen molar-refractivity contribution in [3.63, 3.8) is 0 Å². The molecule has 4 nitrogen and oxygen atoms in total. The van der Waals surface area contributed by atoms with Crippen LogP contribution >= 0.6 is 11.8 Å². The van der Waals surface area contributed by atoms with Crippen molar-refractivity contribution in [2.24, 2.45) is 7.05 Å². The van der Waals surface area contributed by atoms with Crippen LogP contribution in [-0.4, -0.2) is 21.8 Å². The van der Waals surface area contributed by atoms with Crippen molar-refractivity contribution in [3.8, 4) is 0 Å². The first-order valence-corrected chi connectivity index (χ1v) is 6.30. The number of hydrogen-bond donors (Lipinski definition) is 1. The first-order chi connectivity index (χ1) is 8.19. The van der Waals surface area contributed by atoms with Gasteiger partial charge in [-0.25, -0.2) is 0 Å². The monoisotopic (exact) mass is 248 g/mol. The quantitative estimate of drug-likeness (QED) is 0.901. The molecule has 2 heterocycles. The first kappa shape index (κ1) is 12.1. The highest BCUT2D eigenvalue weighted by Crippen LogP contribution is 2.26. The average molecular weight is 248 g/mol. The van der Waals surface area contributed by atoms with Crippen molar-refractivity contribution in [1.29, 1.82) is 0 Å². The molecule has 0 saturated heterocycles. The molecule has 1 N–H and O–H groups in total. The van der Waals surface area contributed by atoms with E-state index in [1.807, 2.05) is 32.7 Å². The number of nitrogens with one attached hydrogen (secondary N) is 1. The lowest BCUT2D eigenvalue weighted by molar-refractivity contribution is 0.631. The summed E-state index contributed by atoms with van der Waals surface area (Å²) in [5, 5.41) is 7.31. The Bertz CT molecular complexity index is 478. The van der Waals surface area contributed by atoms with Crippen LogP contribution in [0.25, 0.3) is 0 Å². The van der Waals surface area contributed by atoms with E-state index in [2.05, 4.69) is 34.5 Å². The van der Waals surface area contributed by atoms with E-state index >= 15 is 0 Å². The molecule has 2 aromatic rings. The van der Waals surface area contributed by atoms with Crippen LogP contribution in [0.3, 0.4) is 0 Å². The number of aryl methyl sites for hydroxylation is 1. The van der Waals surface area contributed by atoms with Crippen molar-refractivity contribution in [2.45, 2.75) is 22.8 Å². The van der Waals surface area contributed by atoms with Crippen LogP contribution in [0.1, 0.15) is 18.7 Å². The normalized spacial score (nSPS) is 12.6. The van der Waals surface area contributed by atoms with Gasteiger partial charge < -0.3 is 5.32 Å². The minimum absolute atomic E-state index is 0.285. The van der Waals surface area contributed by atoms with Crippen LogP contribution in [0.5, 0.6) is 0 Å². The Hall–Kier alpha value is -1.33. The van der Waals surface area contributed by atoms with Gasteiger partial charge in [-0.05, 0) is 26.1 Å². The molecule has 90 valence electrons. The number of rotatable bonds is 4. The van der Waals surface area contributed by atoms with Crippen LogP contribution in [-0.2, 0) is 7.05 Å². The molecule has 0 aliphatic heterocycles. The first-order valence-electron chi connectivity index (χ1n) is 5.49. The maximum atomic E-state index is 4.44. The fraction of sp³-hybridized carbons (Fsp3) is 0.333. The van der Waals surface area contributed by atoms with E-state index < -0.39 is 0 Å². The van der Waals surface area contributed by atoms with Gasteiger partial charge in [-0.15, -0.1) is 0 Å². The SMILES string of the molecule is CNC(C)c1ccc(Sc2cnn(C)c2)cn1. The minimum atomic E-state index is 0.285. The van der Waals surface area contributed by atoms with Gasteiger partial charge in [0.1, 0.15) is 0 Å². The van der Waals surface area contributed by atoms with E-state index in [1.165, 1.54) is 0 Å². The van der Waals surface area contributed by atoms with Crippen LogP contribution < -0.4 is 5.32 Å². The average Bonchev–Trinajstić information content (AvgIpc) is 2.75. The lowest BCUT2D eigenvalue weighted by atomic mass is 10.2. The second-order valence-corrected chi connectivity index (χ2v) is 5.03. The number of nitrogens with zero attached hydrogens (tertiary/aromatic N) is 3. The molecule has 0 spiro atoms. The topological polar surface area (TPSA) is 42.7 Å². The molecule has 1 unspecified atom stereocenters. The van der Waals surface area contributed by atoms with Crippen molar-refractivity contribution >= 4 is 11.8 Å². The maximum absolute atomic E-state index is 4.44. The molecule has 0 aromatic carbocycles. The molecule has 17 heavy (non-hydrogen) atoms. The fourth-order valence-corrected chi connectivity index (χ4v) is 2.26. The molecule has 5 heteroatoms. The fourth-order valence-electron chi connectivity index (χ4n) is 1.44. The zero-order chi connectivity index (χ0) is 12.3. The van der Waals surface area contributed by atoms with Gasteiger partial charge in [-0.3, -0.25) is 9.67 Å². The largest absolute Gasteiger partial charge is 0.312 e. The molecule has 2 rings (SSSR count).